The van der Waals surface area contributed by atoms with E-state index in [1.165, 1.54) is 11.0 Å². The van der Waals surface area contributed by atoms with Crippen molar-refractivity contribution < 1.29 is 18.0 Å². The van der Waals surface area contributed by atoms with Gasteiger partial charge in [0.1, 0.15) is 6.33 Å². The minimum absolute atomic E-state index is 0.0619. The molecule has 0 fully saturated rings. The van der Waals surface area contributed by atoms with Gasteiger partial charge < -0.3 is 0 Å². The minimum Gasteiger partial charge on any atom is -0.288 e. The number of benzene rings is 1. The predicted octanol–water partition coefficient (Wildman–Crippen LogP) is 3.75. The largest absolute Gasteiger partial charge is 0.434 e. The Morgan fingerprint density at radius 2 is 2.07 bits per heavy atom. The number of hydrogen-bond acceptors (Lipinski definition) is 4. The van der Waals surface area contributed by atoms with E-state index in [0.29, 0.717) is 16.2 Å². The summed E-state index contributed by atoms with van der Waals surface area (Å²) in [6.07, 6.45) is -3.28. The van der Waals surface area contributed by atoms with Crippen LogP contribution >= 0.6 is 27.5 Å². The van der Waals surface area contributed by atoms with Crippen molar-refractivity contribution in [1.29, 1.82) is 0 Å². The van der Waals surface area contributed by atoms with Crippen LogP contribution in [0.25, 0.3) is 0 Å². The molecule has 0 saturated heterocycles. The Morgan fingerprint density at radius 1 is 1.33 bits per heavy atom. The highest BCUT2D eigenvalue weighted by molar-refractivity contribution is 9.10. The summed E-state index contributed by atoms with van der Waals surface area (Å²) >= 11 is 8.70. The van der Waals surface area contributed by atoms with Gasteiger partial charge in [0, 0.05) is 12.1 Å². The van der Waals surface area contributed by atoms with Crippen LogP contribution in [-0.4, -0.2) is 30.5 Å². The molecule has 0 aliphatic rings. The van der Waals surface area contributed by atoms with Crippen molar-refractivity contribution in [3.63, 3.8) is 0 Å². The highest BCUT2D eigenvalue weighted by atomic mass is 79.9. The molecule has 0 spiro atoms. The van der Waals surface area contributed by atoms with E-state index in [4.69, 9.17) is 11.6 Å². The Kier molecular flexibility index (Phi) is 5.24. The molecule has 2 aromatic heterocycles. The molecule has 1 amide bonds. The Morgan fingerprint density at radius 3 is 2.70 bits per heavy atom. The van der Waals surface area contributed by atoms with Crippen molar-refractivity contribution in [2.24, 2.45) is 7.05 Å². The van der Waals surface area contributed by atoms with Gasteiger partial charge in [-0.05, 0) is 33.6 Å². The standard InChI is InChI=1S/C15H11BrClF3N6O/c1-25-12(15(18,19)20)10(16)11(23-25)13(27)22-14-21-7-26(24-14)6-8-3-2-4-9(17)5-8/h2-5,7H,6H2,1H3,(H,22,24,27). The summed E-state index contributed by atoms with van der Waals surface area (Å²) < 4.78 is 40.6. The molecule has 0 radical (unpaired) electrons. The quantitative estimate of drug-likeness (QED) is 0.639. The molecule has 0 atom stereocenters. The minimum atomic E-state index is -4.66. The molecule has 0 unspecified atom stereocenters. The maximum atomic E-state index is 13.0. The first-order chi connectivity index (χ1) is 12.6. The number of alkyl halides is 3. The lowest BCUT2D eigenvalue weighted by molar-refractivity contribution is -0.144. The summed E-state index contributed by atoms with van der Waals surface area (Å²) in [7, 11) is 1.10. The first-order valence-corrected chi connectivity index (χ1v) is 8.57. The molecule has 142 valence electrons. The summed E-state index contributed by atoms with van der Waals surface area (Å²) in [4.78, 5) is 16.2. The van der Waals surface area contributed by atoms with Crippen LogP contribution in [-0.2, 0) is 19.8 Å². The summed E-state index contributed by atoms with van der Waals surface area (Å²) in [6, 6.07) is 7.12. The third-order valence-electron chi connectivity index (χ3n) is 3.47. The number of hydrogen-bond donors (Lipinski definition) is 1. The van der Waals surface area contributed by atoms with Crippen molar-refractivity contribution in [2.45, 2.75) is 12.7 Å². The topological polar surface area (TPSA) is 77.6 Å². The predicted molar refractivity (Wildman–Crippen MR) is 94.4 cm³/mol. The van der Waals surface area contributed by atoms with Crippen molar-refractivity contribution in [2.75, 3.05) is 5.32 Å². The molecule has 3 aromatic rings. The van der Waals surface area contributed by atoms with Crippen LogP contribution < -0.4 is 5.32 Å². The van der Waals surface area contributed by atoms with Gasteiger partial charge in [-0.3, -0.25) is 14.8 Å². The normalized spacial score (nSPS) is 11.6. The molecule has 0 aliphatic heterocycles. The SMILES string of the molecule is Cn1nc(C(=O)Nc2ncn(Cc3cccc(Cl)c3)n2)c(Br)c1C(F)(F)F. The monoisotopic (exact) mass is 462 g/mol. The third kappa shape index (κ3) is 4.30. The number of amides is 1. The Bertz CT molecular complexity index is 1000. The smallest absolute Gasteiger partial charge is 0.288 e. The average molecular weight is 464 g/mol. The zero-order valence-electron chi connectivity index (χ0n) is 13.6. The Hall–Kier alpha value is -2.40. The van der Waals surface area contributed by atoms with Gasteiger partial charge in [0.25, 0.3) is 5.91 Å². The highest BCUT2D eigenvalue weighted by Crippen LogP contribution is 2.36. The molecule has 3 rings (SSSR count). The van der Waals surface area contributed by atoms with Gasteiger partial charge >= 0.3 is 6.18 Å². The lowest BCUT2D eigenvalue weighted by Gasteiger charge is -2.06. The number of carbonyl (C=O) groups excluding carboxylic acids is 1. The van der Waals surface area contributed by atoms with E-state index in [1.807, 2.05) is 6.07 Å². The summed E-state index contributed by atoms with van der Waals surface area (Å²) in [5.74, 6) is -0.929. The molecule has 1 N–H and O–H groups in total. The number of aromatic nitrogens is 5. The van der Waals surface area contributed by atoms with Gasteiger partial charge in [-0.2, -0.15) is 18.3 Å². The summed E-state index contributed by atoms with van der Waals surface area (Å²) in [6.45, 7) is 0.356. The van der Waals surface area contributed by atoms with Gasteiger partial charge in [-0.15, -0.1) is 5.10 Å². The lowest BCUT2D eigenvalue weighted by atomic mass is 10.2. The molecular formula is C15H11BrClF3N6O. The molecule has 12 heteroatoms. The van der Waals surface area contributed by atoms with Crippen LogP contribution in [0.1, 0.15) is 21.7 Å². The van der Waals surface area contributed by atoms with Crippen LogP contribution in [0.4, 0.5) is 19.1 Å². The van der Waals surface area contributed by atoms with Gasteiger partial charge in [0.2, 0.25) is 5.95 Å². The van der Waals surface area contributed by atoms with E-state index in [1.54, 1.807) is 18.2 Å². The van der Waals surface area contributed by atoms with E-state index >= 15 is 0 Å². The third-order valence-corrected chi connectivity index (χ3v) is 4.45. The van der Waals surface area contributed by atoms with Gasteiger partial charge in [-0.25, -0.2) is 9.67 Å². The second kappa shape index (κ2) is 7.31. The second-order valence-corrected chi connectivity index (χ2v) is 6.71. The van der Waals surface area contributed by atoms with Crippen LogP contribution in [0, 0.1) is 0 Å². The first kappa shape index (κ1) is 19.4. The number of nitrogens with zero attached hydrogens (tertiary/aromatic N) is 5. The van der Waals surface area contributed by atoms with Crippen molar-refractivity contribution >= 4 is 39.4 Å². The van der Waals surface area contributed by atoms with E-state index < -0.39 is 27.9 Å². The maximum absolute atomic E-state index is 13.0. The maximum Gasteiger partial charge on any atom is 0.434 e. The number of nitrogens with one attached hydrogen (secondary N) is 1. The van der Waals surface area contributed by atoms with Crippen molar-refractivity contribution in [3.8, 4) is 0 Å². The molecule has 2 heterocycles. The molecule has 0 saturated carbocycles. The lowest BCUT2D eigenvalue weighted by Crippen LogP contribution is -2.15. The van der Waals surface area contributed by atoms with Crippen LogP contribution in [0.15, 0.2) is 35.1 Å². The van der Waals surface area contributed by atoms with Crippen LogP contribution in [0.3, 0.4) is 0 Å². The number of carbonyl (C=O) groups is 1. The van der Waals surface area contributed by atoms with Crippen molar-refractivity contribution in [3.05, 3.63) is 57.0 Å². The van der Waals surface area contributed by atoms with Crippen LogP contribution in [0.5, 0.6) is 0 Å². The number of aryl methyl sites for hydroxylation is 1. The van der Waals surface area contributed by atoms with E-state index in [2.05, 4.69) is 36.4 Å². The fraction of sp³-hybridized carbons (Fsp3) is 0.200. The zero-order valence-corrected chi connectivity index (χ0v) is 16.0. The number of anilines is 1. The summed E-state index contributed by atoms with van der Waals surface area (Å²) in [5, 5.41) is 10.6. The fourth-order valence-electron chi connectivity index (χ4n) is 2.36. The number of halogens is 5. The molecule has 1 aromatic carbocycles. The first-order valence-electron chi connectivity index (χ1n) is 7.40. The molecule has 7 nitrogen and oxygen atoms in total. The zero-order chi connectivity index (χ0) is 19.8. The van der Waals surface area contributed by atoms with E-state index in [-0.39, 0.29) is 5.95 Å². The Balaban J connectivity index is 1.75. The van der Waals surface area contributed by atoms with Gasteiger partial charge in [-0.1, -0.05) is 23.7 Å². The van der Waals surface area contributed by atoms with E-state index in [0.717, 1.165) is 12.6 Å². The van der Waals surface area contributed by atoms with Crippen molar-refractivity contribution in [1.82, 2.24) is 24.5 Å². The second-order valence-electron chi connectivity index (χ2n) is 5.48. The van der Waals surface area contributed by atoms with Gasteiger partial charge in [0.05, 0.1) is 11.0 Å². The number of rotatable bonds is 4. The highest BCUT2D eigenvalue weighted by Gasteiger charge is 2.39. The molecular weight excluding hydrogens is 453 g/mol. The molecule has 27 heavy (non-hydrogen) atoms. The van der Waals surface area contributed by atoms with E-state index in [9.17, 15) is 18.0 Å². The molecule has 0 aliphatic carbocycles. The van der Waals surface area contributed by atoms with Gasteiger partial charge in [0.15, 0.2) is 11.4 Å². The summed E-state index contributed by atoms with van der Waals surface area (Å²) in [5.41, 5.74) is -0.615. The molecule has 0 bridgehead atoms. The van der Waals surface area contributed by atoms with Crippen LogP contribution in [0.2, 0.25) is 5.02 Å². The fourth-order valence-corrected chi connectivity index (χ4v) is 3.32. The average Bonchev–Trinajstić information content (AvgIpc) is 3.10. The Labute approximate surface area is 164 Å².